The zero-order valence-electron chi connectivity index (χ0n) is 21.8. The summed E-state index contributed by atoms with van der Waals surface area (Å²) in [5.74, 6) is -1.36. The Bertz CT molecular complexity index is 1690. The maximum absolute atomic E-state index is 15.6. The number of rotatable bonds is 7. The predicted molar refractivity (Wildman–Crippen MR) is 150 cm³/mol. The first-order valence-corrected chi connectivity index (χ1v) is 13.1. The van der Waals surface area contributed by atoms with Crippen LogP contribution in [0.2, 0.25) is 0 Å². The summed E-state index contributed by atoms with van der Waals surface area (Å²) < 4.78 is 42.6. The smallest absolute Gasteiger partial charge is 0.412 e. The SMILES string of the molecule is CC(OC(=O)Nc1c(-c2cc(F)c(-c3ccc(C4(CO)CC4)cc3)cc2F)oc2ccccc12)c1ccccc1. The highest BCUT2D eigenvalue weighted by Gasteiger charge is 2.43. The zero-order valence-corrected chi connectivity index (χ0v) is 21.8. The maximum Gasteiger partial charge on any atom is 0.412 e. The third kappa shape index (κ3) is 4.73. The molecule has 0 aliphatic heterocycles. The van der Waals surface area contributed by atoms with Gasteiger partial charge >= 0.3 is 6.09 Å². The van der Waals surface area contributed by atoms with Crippen molar-refractivity contribution < 1.29 is 27.8 Å². The molecule has 1 aliphatic rings. The minimum absolute atomic E-state index is 0.0116. The number of ether oxygens (including phenoxy) is 1. The van der Waals surface area contributed by atoms with Crippen LogP contribution in [0.3, 0.4) is 0 Å². The van der Waals surface area contributed by atoms with E-state index in [9.17, 15) is 9.90 Å². The first-order valence-electron chi connectivity index (χ1n) is 13.1. The van der Waals surface area contributed by atoms with Crippen LogP contribution in [0, 0.1) is 11.6 Å². The Kier molecular flexibility index (Phi) is 6.60. The molecule has 40 heavy (non-hydrogen) atoms. The molecule has 0 spiro atoms. The molecule has 0 radical (unpaired) electrons. The molecule has 5 aromatic rings. The molecule has 1 amide bonds. The van der Waals surface area contributed by atoms with Gasteiger partial charge in [0.15, 0.2) is 5.76 Å². The lowest BCUT2D eigenvalue weighted by Crippen LogP contribution is -2.16. The number of aliphatic hydroxyl groups excluding tert-OH is 1. The third-order valence-corrected chi connectivity index (χ3v) is 7.64. The van der Waals surface area contributed by atoms with E-state index in [-0.39, 0.29) is 34.6 Å². The van der Waals surface area contributed by atoms with Crippen LogP contribution in [0.25, 0.3) is 33.4 Å². The van der Waals surface area contributed by atoms with Crippen LogP contribution < -0.4 is 5.32 Å². The first-order chi connectivity index (χ1) is 19.4. The Morgan fingerprint density at radius 3 is 2.30 bits per heavy atom. The summed E-state index contributed by atoms with van der Waals surface area (Å²) >= 11 is 0. The van der Waals surface area contributed by atoms with Crippen LogP contribution in [-0.2, 0) is 10.2 Å². The number of carbonyl (C=O) groups excluding carboxylic acids is 1. The first kappa shape index (κ1) is 25.8. The van der Waals surface area contributed by atoms with E-state index in [1.54, 1.807) is 43.3 Å². The van der Waals surface area contributed by atoms with E-state index in [1.807, 2.05) is 42.5 Å². The van der Waals surface area contributed by atoms with Crippen LogP contribution in [-0.4, -0.2) is 17.8 Å². The van der Waals surface area contributed by atoms with Crippen LogP contribution >= 0.6 is 0 Å². The molecule has 1 aliphatic carbocycles. The molecule has 202 valence electrons. The number of anilines is 1. The van der Waals surface area contributed by atoms with Gasteiger partial charge in [-0.3, -0.25) is 5.32 Å². The molecule has 4 aromatic carbocycles. The summed E-state index contributed by atoms with van der Waals surface area (Å²) in [4.78, 5) is 12.9. The topological polar surface area (TPSA) is 71.7 Å². The zero-order chi connectivity index (χ0) is 27.9. The fourth-order valence-electron chi connectivity index (χ4n) is 5.08. The van der Waals surface area contributed by atoms with Crippen LogP contribution in [0.4, 0.5) is 19.3 Å². The Hall–Kier alpha value is -4.49. The molecule has 1 aromatic heterocycles. The van der Waals surface area contributed by atoms with Gasteiger partial charge in [-0.25, -0.2) is 13.6 Å². The number of nitrogens with one attached hydrogen (secondary N) is 1. The lowest BCUT2D eigenvalue weighted by molar-refractivity contribution is 0.121. The Morgan fingerprint density at radius 1 is 0.950 bits per heavy atom. The molecule has 6 rings (SSSR count). The van der Waals surface area contributed by atoms with Gasteiger partial charge in [-0.1, -0.05) is 66.7 Å². The number of furan rings is 1. The average molecular weight is 540 g/mol. The van der Waals surface area contributed by atoms with Gasteiger partial charge in [0.05, 0.1) is 17.9 Å². The van der Waals surface area contributed by atoms with E-state index < -0.39 is 23.8 Å². The second-order valence-electron chi connectivity index (χ2n) is 10.2. The Balaban J connectivity index is 1.32. The van der Waals surface area contributed by atoms with Crippen LogP contribution in [0.15, 0.2) is 95.4 Å². The number of halogens is 2. The van der Waals surface area contributed by atoms with E-state index >= 15 is 8.78 Å². The molecule has 0 saturated heterocycles. The number of benzene rings is 4. The van der Waals surface area contributed by atoms with Crippen molar-refractivity contribution >= 4 is 22.7 Å². The number of hydrogen-bond acceptors (Lipinski definition) is 4. The van der Waals surface area contributed by atoms with Gasteiger partial charge in [0.2, 0.25) is 0 Å². The van der Waals surface area contributed by atoms with Gasteiger partial charge in [-0.05, 0) is 60.7 Å². The third-order valence-electron chi connectivity index (χ3n) is 7.64. The molecular weight excluding hydrogens is 512 g/mol. The average Bonchev–Trinajstić information content (AvgIpc) is 3.70. The molecule has 1 saturated carbocycles. The van der Waals surface area contributed by atoms with E-state index in [0.717, 1.165) is 36.1 Å². The van der Waals surface area contributed by atoms with Gasteiger partial charge in [0.1, 0.15) is 23.3 Å². The summed E-state index contributed by atoms with van der Waals surface area (Å²) in [6.45, 7) is 1.81. The van der Waals surface area contributed by atoms with Gasteiger partial charge in [0, 0.05) is 16.4 Å². The molecule has 1 unspecified atom stereocenters. The van der Waals surface area contributed by atoms with E-state index in [0.29, 0.717) is 16.5 Å². The Morgan fingerprint density at radius 2 is 1.60 bits per heavy atom. The van der Waals surface area contributed by atoms with Crippen molar-refractivity contribution in [1.82, 2.24) is 0 Å². The summed E-state index contributed by atoms with van der Waals surface area (Å²) in [5, 5.41) is 12.9. The molecule has 2 N–H and O–H groups in total. The van der Waals surface area contributed by atoms with Gasteiger partial charge in [0.25, 0.3) is 0 Å². The van der Waals surface area contributed by atoms with E-state index in [4.69, 9.17) is 9.15 Å². The lowest BCUT2D eigenvalue weighted by Gasteiger charge is -2.15. The van der Waals surface area contributed by atoms with Gasteiger partial charge in [-0.15, -0.1) is 0 Å². The highest BCUT2D eigenvalue weighted by Crippen LogP contribution is 2.48. The fraction of sp³-hybridized carbons (Fsp3) is 0.182. The minimum atomic E-state index is -0.752. The predicted octanol–water partition coefficient (Wildman–Crippen LogP) is 8.38. The van der Waals surface area contributed by atoms with Gasteiger partial charge in [-0.2, -0.15) is 0 Å². The van der Waals surface area contributed by atoms with Crippen molar-refractivity contribution in [2.75, 3.05) is 11.9 Å². The standard InChI is InChI=1S/C33H27F2NO4/c1-20(21-7-3-2-4-8-21)39-32(38)36-30-24-9-5-6-10-29(24)40-31(30)26-18-27(34)25(17-28(26)35)22-11-13-23(14-12-22)33(19-37)15-16-33/h2-14,17-18,20,37H,15-16,19H2,1H3,(H,36,38). The molecule has 0 bridgehead atoms. The van der Waals surface area contributed by atoms with Crippen LogP contribution in [0.1, 0.15) is 37.0 Å². The molecule has 7 heteroatoms. The summed E-state index contributed by atoms with van der Waals surface area (Å²) in [5.41, 5.74) is 2.67. The Labute approximate surface area is 230 Å². The van der Waals surface area contributed by atoms with Gasteiger partial charge < -0.3 is 14.3 Å². The monoisotopic (exact) mass is 539 g/mol. The second-order valence-corrected chi connectivity index (χ2v) is 10.2. The lowest BCUT2D eigenvalue weighted by atomic mass is 9.94. The van der Waals surface area contributed by atoms with Crippen molar-refractivity contribution in [3.63, 3.8) is 0 Å². The molecule has 1 atom stereocenters. The van der Waals surface area contributed by atoms with Crippen molar-refractivity contribution in [2.24, 2.45) is 0 Å². The maximum atomic E-state index is 15.6. The number of fused-ring (bicyclic) bond motifs is 1. The van der Waals surface area contributed by atoms with Crippen molar-refractivity contribution in [3.8, 4) is 22.5 Å². The second kappa shape index (κ2) is 10.2. The summed E-state index contributed by atoms with van der Waals surface area (Å²) in [7, 11) is 0. The minimum Gasteiger partial charge on any atom is -0.454 e. The summed E-state index contributed by atoms with van der Waals surface area (Å²) in [6, 6.07) is 25.6. The highest BCUT2D eigenvalue weighted by molar-refractivity contribution is 6.05. The molecule has 1 fully saturated rings. The van der Waals surface area contributed by atoms with E-state index in [2.05, 4.69) is 5.32 Å². The number of hydrogen-bond donors (Lipinski definition) is 2. The quantitative estimate of drug-likeness (QED) is 0.218. The normalized spacial score (nSPS) is 14.6. The van der Waals surface area contributed by atoms with Crippen molar-refractivity contribution in [3.05, 3.63) is 114 Å². The van der Waals surface area contributed by atoms with E-state index in [1.165, 1.54) is 0 Å². The van der Waals surface area contributed by atoms with Crippen LogP contribution in [0.5, 0.6) is 0 Å². The number of amides is 1. The summed E-state index contributed by atoms with van der Waals surface area (Å²) in [6.07, 6.45) is 0.535. The largest absolute Gasteiger partial charge is 0.454 e. The van der Waals surface area contributed by atoms with Crippen molar-refractivity contribution in [2.45, 2.75) is 31.3 Å². The van der Waals surface area contributed by atoms with Crippen molar-refractivity contribution in [1.29, 1.82) is 0 Å². The number of aliphatic hydroxyl groups is 1. The molecule has 1 heterocycles. The molecular formula is C33H27F2NO4. The molecule has 5 nitrogen and oxygen atoms in total. The number of carbonyl (C=O) groups is 1. The fourth-order valence-corrected chi connectivity index (χ4v) is 5.08. The number of para-hydroxylation sites is 1. The highest BCUT2D eigenvalue weighted by atomic mass is 19.1.